The van der Waals surface area contributed by atoms with Gasteiger partial charge in [0, 0.05) is 43.0 Å². The molecule has 0 amide bonds. The van der Waals surface area contributed by atoms with Crippen molar-refractivity contribution in [1.29, 1.82) is 0 Å². The van der Waals surface area contributed by atoms with E-state index < -0.39 is 0 Å². The number of benzene rings is 1. The van der Waals surface area contributed by atoms with Crippen LogP contribution in [0.15, 0.2) is 47.4 Å². The summed E-state index contributed by atoms with van der Waals surface area (Å²) in [4.78, 5) is 24.5. The Labute approximate surface area is 172 Å². The van der Waals surface area contributed by atoms with Gasteiger partial charge < -0.3 is 10.2 Å². The Balaban J connectivity index is 1.55. The number of nitrogens with one attached hydrogen (secondary N) is 1. The predicted molar refractivity (Wildman–Crippen MR) is 119 cm³/mol. The van der Waals surface area contributed by atoms with Gasteiger partial charge in [-0.15, -0.1) is 11.3 Å². The molecule has 0 radical (unpaired) electrons. The molecule has 1 aliphatic rings. The quantitative estimate of drug-likeness (QED) is 0.553. The second-order valence-electron chi connectivity index (χ2n) is 7.88. The van der Waals surface area contributed by atoms with E-state index >= 15 is 0 Å². The van der Waals surface area contributed by atoms with E-state index in [0.717, 1.165) is 39.6 Å². The number of anilines is 1. The normalized spacial score (nSPS) is 19.9. The number of aromatic nitrogens is 3. The number of aryl methyl sites for hydroxylation is 1. The second kappa shape index (κ2) is 6.93. The van der Waals surface area contributed by atoms with Crippen molar-refractivity contribution in [1.82, 2.24) is 19.7 Å². The van der Waals surface area contributed by atoms with Crippen LogP contribution in [0, 0.1) is 6.92 Å². The summed E-state index contributed by atoms with van der Waals surface area (Å²) in [6, 6.07) is 12.5. The van der Waals surface area contributed by atoms with Gasteiger partial charge in [0.1, 0.15) is 5.65 Å². The van der Waals surface area contributed by atoms with Crippen LogP contribution in [-0.2, 0) is 0 Å². The molecule has 0 bridgehead atoms. The Bertz CT molecular complexity index is 1270. The molecule has 6 nitrogen and oxygen atoms in total. The van der Waals surface area contributed by atoms with E-state index in [-0.39, 0.29) is 5.56 Å². The lowest BCUT2D eigenvalue weighted by Gasteiger charge is -2.37. The first kappa shape index (κ1) is 18.3. The molecule has 1 aliphatic heterocycles. The van der Waals surface area contributed by atoms with E-state index in [9.17, 15) is 4.79 Å². The van der Waals surface area contributed by atoms with Gasteiger partial charge in [-0.25, -0.2) is 9.97 Å². The molecular weight excluding hydrogens is 382 g/mol. The summed E-state index contributed by atoms with van der Waals surface area (Å²) < 4.78 is 2.79. The molecular formula is C22H23N5OS. The molecule has 1 saturated heterocycles. The Morgan fingerprint density at radius 1 is 1.07 bits per heavy atom. The van der Waals surface area contributed by atoms with Crippen molar-refractivity contribution in [3.8, 4) is 11.3 Å². The van der Waals surface area contributed by atoms with Crippen LogP contribution < -0.4 is 15.8 Å². The van der Waals surface area contributed by atoms with E-state index in [1.807, 2.05) is 31.3 Å². The SMILES string of the molecule is Cc1nc2cc(-c3cc(=O)n4cc(N5C[C@@H](C)N[C@@H](C)C5)ccc4n3)ccc2s1. The maximum atomic E-state index is 12.9. The molecule has 0 spiro atoms. The maximum Gasteiger partial charge on any atom is 0.258 e. The van der Waals surface area contributed by atoms with Crippen molar-refractivity contribution < 1.29 is 0 Å². The topological polar surface area (TPSA) is 62.5 Å². The molecule has 2 atom stereocenters. The van der Waals surface area contributed by atoms with Crippen LogP contribution >= 0.6 is 11.3 Å². The number of hydrogen-bond acceptors (Lipinski definition) is 6. The average molecular weight is 406 g/mol. The van der Waals surface area contributed by atoms with E-state index in [1.54, 1.807) is 21.8 Å². The summed E-state index contributed by atoms with van der Waals surface area (Å²) in [5.41, 5.74) is 4.17. The van der Waals surface area contributed by atoms with Gasteiger partial charge in [0.05, 0.1) is 26.6 Å². The van der Waals surface area contributed by atoms with Crippen LogP contribution in [0.1, 0.15) is 18.9 Å². The molecule has 1 fully saturated rings. The molecule has 1 aromatic carbocycles. The lowest BCUT2D eigenvalue weighted by Crippen LogP contribution is -2.54. The fourth-order valence-corrected chi connectivity index (χ4v) is 4.97. The molecule has 0 unspecified atom stereocenters. The molecule has 7 heteroatoms. The molecule has 5 rings (SSSR count). The fourth-order valence-electron chi connectivity index (χ4n) is 4.17. The molecule has 4 heterocycles. The minimum atomic E-state index is -0.0716. The number of nitrogens with zero attached hydrogens (tertiary/aromatic N) is 4. The van der Waals surface area contributed by atoms with Gasteiger partial charge in [0.25, 0.3) is 5.56 Å². The van der Waals surface area contributed by atoms with Crippen molar-refractivity contribution in [3.05, 3.63) is 58.0 Å². The highest BCUT2D eigenvalue weighted by Crippen LogP contribution is 2.27. The lowest BCUT2D eigenvalue weighted by atomic mass is 10.1. The van der Waals surface area contributed by atoms with Crippen molar-refractivity contribution in [2.45, 2.75) is 32.9 Å². The van der Waals surface area contributed by atoms with Crippen molar-refractivity contribution in [2.24, 2.45) is 0 Å². The summed E-state index contributed by atoms with van der Waals surface area (Å²) in [5.74, 6) is 0. The number of rotatable bonds is 2. The standard InChI is InChI=1S/C22H23N5OS/c1-13-10-26(11-14(2)23-13)17-5-7-21-25-18(9-22(28)27(21)12-17)16-4-6-20-19(8-16)24-15(3)29-20/h4-9,12-14,23H,10-11H2,1-3H3/t13-,14+. The van der Waals surface area contributed by atoms with Crippen molar-refractivity contribution in [2.75, 3.05) is 18.0 Å². The highest BCUT2D eigenvalue weighted by atomic mass is 32.1. The summed E-state index contributed by atoms with van der Waals surface area (Å²) in [7, 11) is 0. The van der Waals surface area contributed by atoms with Crippen LogP contribution in [0.5, 0.6) is 0 Å². The fraction of sp³-hybridized carbons (Fsp3) is 0.318. The van der Waals surface area contributed by atoms with Crippen LogP contribution in [0.2, 0.25) is 0 Å². The summed E-state index contributed by atoms with van der Waals surface area (Å²) in [6.07, 6.45) is 1.91. The first-order valence-electron chi connectivity index (χ1n) is 9.88. The van der Waals surface area contributed by atoms with E-state index in [2.05, 4.69) is 41.2 Å². The maximum absolute atomic E-state index is 12.9. The van der Waals surface area contributed by atoms with Gasteiger partial charge in [0.15, 0.2) is 0 Å². The third kappa shape index (κ3) is 3.41. The third-order valence-corrected chi connectivity index (χ3v) is 6.31. The largest absolute Gasteiger partial charge is 0.367 e. The van der Waals surface area contributed by atoms with E-state index in [4.69, 9.17) is 4.98 Å². The van der Waals surface area contributed by atoms with Crippen molar-refractivity contribution >= 4 is 32.9 Å². The smallest absolute Gasteiger partial charge is 0.258 e. The van der Waals surface area contributed by atoms with Gasteiger partial charge >= 0.3 is 0 Å². The Morgan fingerprint density at radius 3 is 2.66 bits per heavy atom. The molecule has 0 aliphatic carbocycles. The monoisotopic (exact) mass is 405 g/mol. The summed E-state index contributed by atoms with van der Waals surface area (Å²) >= 11 is 1.67. The van der Waals surface area contributed by atoms with Crippen LogP contribution in [0.4, 0.5) is 5.69 Å². The number of piperazine rings is 1. The minimum Gasteiger partial charge on any atom is -0.367 e. The zero-order chi connectivity index (χ0) is 20.1. The Hall–Kier alpha value is -2.77. The lowest BCUT2D eigenvalue weighted by molar-refractivity contribution is 0.407. The number of fused-ring (bicyclic) bond motifs is 2. The van der Waals surface area contributed by atoms with Gasteiger partial charge in [0.2, 0.25) is 0 Å². The molecule has 1 N–H and O–H groups in total. The Kier molecular flexibility index (Phi) is 4.37. The molecule has 4 aromatic rings. The number of pyridine rings is 1. The van der Waals surface area contributed by atoms with Gasteiger partial charge in [-0.05, 0) is 45.0 Å². The van der Waals surface area contributed by atoms with E-state index in [1.165, 1.54) is 0 Å². The first-order chi connectivity index (χ1) is 14.0. The summed E-state index contributed by atoms with van der Waals surface area (Å²) in [5, 5.41) is 4.58. The Morgan fingerprint density at radius 2 is 1.86 bits per heavy atom. The van der Waals surface area contributed by atoms with Gasteiger partial charge in [-0.1, -0.05) is 6.07 Å². The highest BCUT2D eigenvalue weighted by molar-refractivity contribution is 7.18. The van der Waals surface area contributed by atoms with Crippen LogP contribution in [0.3, 0.4) is 0 Å². The zero-order valence-corrected chi connectivity index (χ0v) is 17.5. The van der Waals surface area contributed by atoms with Crippen molar-refractivity contribution in [3.63, 3.8) is 0 Å². The molecule has 29 heavy (non-hydrogen) atoms. The predicted octanol–water partition coefficient (Wildman–Crippen LogP) is 3.47. The first-order valence-corrected chi connectivity index (χ1v) is 10.7. The van der Waals surface area contributed by atoms with Crippen LogP contribution in [-0.4, -0.2) is 39.5 Å². The minimum absolute atomic E-state index is 0.0716. The zero-order valence-electron chi connectivity index (χ0n) is 16.7. The summed E-state index contributed by atoms with van der Waals surface area (Å²) in [6.45, 7) is 8.21. The van der Waals surface area contributed by atoms with Crippen LogP contribution in [0.25, 0.3) is 27.1 Å². The highest BCUT2D eigenvalue weighted by Gasteiger charge is 2.21. The molecule has 0 saturated carbocycles. The van der Waals surface area contributed by atoms with E-state index in [0.29, 0.717) is 23.4 Å². The molecule has 3 aromatic heterocycles. The molecule has 148 valence electrons. The van der Waals surface area contributed by atoms with Gasteiger partial charge in [-0.3, -0.25) is 9.20 Å². The average Bonchev–Trinajstić information content (AvgIpc) is 3.06. The second-order valence-corrected chi connectivity index (χ2v) is 9.12. The number of hydrogen-bond donors (Lipinski definition) is 1. The third-order valence-electron chi connectivity index (χ3n) is 5.36. The number of thiazole rings is 1. The van der Waals surface area contributed by atoms with Gasteiger partial charge in [-0.2, -0.15) is 0 Å².